The van der Waals surface area contributed by atoms with E-state index in [1.165, 1.54) is 0 Å². The maximum absolute atomic E-state index is 12.3. The Labute approximate surface area is 146 Å². The molecule has 0 fully saturated rings. The smallest absolute Gasteiger partial charge is 0.273 e. The highest BCUT2D eigenvalue weighted by molar-refractivity contribution is 5.93. The van der Waals surface area contributed by atoms with Crippen LogP contribution in [0.4, 0.5) is 0 Å². The summed E-state index contributed by atoms with van der Waals surface area (Å²) in [6.07, 6.45) is 0.582. The van der Waals surface area contributed by atoms with Crippen LogP contribution in [0.5, 0.6) is 0 Å². The van der Waals surface area contributed by atoms with Crippen LogP contribution in [0.15, 0.2) is 71.3 Å². The average Bonchev–Trinajstić information content (AvgIpc) is 3.16. The van der Waals surface area contributed by atoms with Gasteiger partial charge in [-0.05, 0) is 12.0 Å². The molecule has 3 aromatic rings. The molecule has 1 unspecified atom stereocenters. The van der Waals surface area contributed by atoms with Crippen molar-refractivity contribution in [1.82, 2.24) is 10.5 Å². The quantitative estimate of drug-likeness (QED) is 0.694. The molecule has 0 aliphatic heterocycles. The molecule has 0 radical (unpaired) electrons. The van der Waals surface area contributed by atoms with Gasteiger partial charge in [0.2, 0.25) is 0 Å². The molecule has 0 saturated heterocycles. The van der Waals surface area contributed by atoms with Crippen LogP contribution in [0, 0.1) is 0 Å². The van der Waals surface area contributed by atoms with Crippen molar-refractivity contribution >= 4 is 5.91 Å². The number of carbonyl (C=O) groups is 1. The second kappa shape index (κ2) is 8.26. The van der Waals surface area contributed by atoms with Crippen LogP contribution in [0.3, 0.4) is 0 Å². The Balaban J connectivity index is 1.65. The van der Waals surface area contributed by atoms with E-state index in [4.69, 9.17) is 4.52 Å². The zero-order valence-electron chi connectivity index (χ0n) is 13.8. The third-order valence-electron chi connectivity index (χ3n) is 4.06. The fraction of sp³-hybridized carbons (Fsp3) is 0.200. The lowest BCUT2D eigenvalue weighted by molar-refractivity contribution is 0.0940. The Hall–Kier alpha value is -2.92. The number of aliphatic hydroxyl groups is 1. The predicted octanol–water partition coefficient (Wildman–Crippen LogP) is 3.24. The first-order chi connectivity index (χ1) is 12.3. The molecule has 2 N–H and O–H groups in total. The molecule has 3 rings (SSSR count). The van der Waals surface area contributed by atoms with Gasteiger partial charge in [-0.25, -0.2) is 0 Å². The van der Waals surface area contributed by atoms with E-state index in [1.807, 2.05) is 60.7 Å². The minimum absolute atomic E-state index is 0.0515. The Kier molecular flexibility index (Phi) is 5.59. The summed E-state index contributed by atoms with van der Waals surface area (Å²) in [6, 6.07) is 21.0. The van der Waals surface area contributed by atoms with Gasteiger partial charge in [0, 0.05) is 30.7 Å². The van der Waals surface area contributed by atoms with Crippen LogP contribution < -0.4 is 5.32 Å². The van der Waals surface area contributed by atoms with Gasteiger partial charge in [0.05, 0.1) is 0 Å². The second-order valence-corrected chi connectivity index (χ2v) is 5.77. The van der Waals surface area contributed by atoms with Crippen molar-refractivity contribution in [1.29, 1.82) is 0 Å². The fourth-order valence-corrected chi connectivity index (χ4v) is 2.69. The molecule has 0 spiro atoms. The lowest BCUT2D eigenvalue weighted by Crippen LogP contribution is -2.29. The number of hydrogen-bond donors (Lipinski definition) is 2. The molecule has 128 valence electrons. The second-order valence-electron chi connectivity index (χ2n) is 5.77. The SMILES string of the molecule is O=C(NCC(CCO)c1ccccc1)c1cc(-c2ccccc2)on1. The molecule has 1 heterocycles. The van der Waals surface area contributed by atoms with Gasteiger partial charge in [0.1, 0.15) is 0 Å². The first kappa shape index (κ1) is 16.9. The van der Waals surface area contributed by atoms with E-state index in [0.717, 1.165) is 11.1 Å². The van der Waals surface area contributed by atoms with Crippen molar-refractivity contribution < 1.29 is 14.4 Å². The summed E-state index contributed by atoms with van der Waals surface area (Å²) in [6.45, 7) is 0.495. The Morgan fingerprint density at radius 3 is 2.44 bits per heavy atom. The standard InChI is InChI=1S/C20H20N2O3/c23-12-11-17(15-7-3-1-4-8-15)14-21-20(24)18-13-19(25-22-18)16-9-5-2-6-10-16/h1-10,13,17,23H,11-12,14H2,(H,21,24). The molecule has 0 saturated carbocycles. The van der Waals surface area contributed by atoms with Gasteiger partial charge in [-0.3, -0.25) is 4.79 Å². The fourth-order valence-electron chi connectivity index (χ4n) is 2.69. The van der Waals surface area contributed by atoms with E-state index in [2.05, 4.69) is 10.5 Å². The maximum atomic E-state index is 12.3. The van der Waals surface area contributed by atoms with Crippen molar-refractivity contribution in [2.24, 2.45) is 0 Å². The molecular weight excluding hydrogens is 316 g/mol. The normalized spacial score (nSPS) is 11.9. The molecule has 0 aliphatic carbocycles. The lowest BCUT2D eigenvalue weighted by Gasteiger charge is -2.16. The number of rotatable bonds is 7. The van der Waals surface area contributed by atoms with Crippen LogP contribution in [-0.4, -0.2) is 29.3 Å². The van der Waals surface area contributed by atoms with Crippen molar-refractivity contribution in [3.63, 3.8) is 0 Å². The van der Waals surface area contributed by atoms with E-state index in [-0.39, 0.29) is 24.1 Å². The summed E-state index contributed by atoms with van der Waals surface area (Å²) >= 11 is 0. The van der Waals surface area contributed by atoms with E-state index < -0.39 is 0 Å². The summed E-state index contributed by atoms with van der Waals surface area (Å²) < 4.78 is 5.26. The maximum Gasteiger partial charge on any atom is 0.273 e. The van der Waals surface area contributed by atoms with Crippen molar-refractivity contribution in [2.75, 3.05) is 13.2 Å². The molecule has 1 atom stereocenters. The molecule has 1 amide bonds. The van der Waals surface area contributed by atoms with Crippen molar-refractivity contribution in [3.8, 4) is 11.3 Å². The van der Waals surface area contributed by atoms with Gasteiger partial charge in [-0.15, -0.1) is 0 Å². The van der Waals surface area contributed by atoms with Gasteiger partial charge < -0.3 is 14.9 Å². The number of hydrogen-bond acceptors (Lipinski definition) is 4. The number of nitrogens with one attached hydrogen (secondary N) is 1. The van der Waals surface area contributed by atoms with Gasteiger partial charge in [0.25, 0.3) is 5.91 Å². The van der Waals surface area contributed by atoms with Gasteiger partial charge in [-0.2, -0.15) is 0 Å². The third kappa shape index (κ3) is 4.33. The molecule has 0 bridgehead atoms. The summed E-state index contributed by atoms with van der Waals surface area (Å²) in [5.41, 5.74) is 2.20. The van der Waals surface area contributed by atoms with Crippen LogP contribution in [-0.2, 0) is 0 Å². The molecule has 0 aliphatic rings. The minimum Gasteiger partial charge on any atom is -0.396 e. The number of carbonyl (C=O) groups excluding carboxylic acids is 1. The lowest BCUT2D eigenvalue weighted by atomic mass is 9.96. The molecule has 5 nitrogen and oxygen atoms in total. The van der Waals surface area contributed by atoms with Gasteiger partial charge in [-0.1, -0.05) is 65.8 Å². The zero-order chi connectivity index (χ0) is 17.5. The van der Waals surface area contributed by atoms with E-state index in [1.54, 1.807) is 6.07 Å². The number of aromatic nitrogens is 1. The number of amides is 1. The van der Waals surface area contributed by atoms with Crippen molar-refractivity contribution in [3.05, 3.63) is 78.0 Å². The van der Waals surface area contributed by atoms with Crippen LogP contribution in [0.2, 0.25) is 0 Å². The number of nitrogens with zero attached hydrogens (tertiary/aromatic N) is 1. The topological polar surface area (TPSA) is 75.4 Å². The predicted molar refractivity (Wildman–Crippen MR) is 95.2 cm³/mol. The molecule has 25 heavy (non-hydrogen) atoms. The first-order valence-corrected chi connectivity index (χ1v) is 8.24. The van der Waals surface area contributed by atoms with Gasteiger partial charge >= 0.3 is 0 Å². The highest BCUT2D eigenvalue weighted by Crippen LogP contribution is 2.21. The average molecular weight is 336 g/mol. The summed E-state index contributed by atoms with van der Waals surface area (Å²) in [7, 11) is 0. The van der Waals surface area contributed by atoms with E-state index in [9.17, 15) is 9.90 Å². The monoisotopic (exact) mass is 336 g/mol. The third-order valence-corrected chi connectivity index (χ3v) is 4.06. The first-order valence-electron chi connectivity index (χ1n) is 8.24. The van der Waals surface area contributed by atoms with Crippen LogP contribution in [0.1, 0.15) is 28.4 Å². The van der Waals surface area contributed by atoms with Gasteiger partial charge in [0.15, 0.2) is 11.5 Å². The number of aliphatic hydroxyl groups excluding tert-OH is 1. The van der Waals surface area contributed by atoms with Crippen LogP contribution in [0.25, 0.3) is 11.3 Å². The molecule has 1 aromatic heterocycles. The van der Waals surface area contributed by atoms with Crippen LogP contribution >= 0.6 is 0 Å². The zero-order valence-corrected chi connectivity index (χ0v) is 13.8. The highest BCUT2D eigenvalue weighted by Gasteiger charge is 2.16. The minimum atomic E-state index is -0.287. The molecular formula is C20H20N2O3. The Morgan fingerprint density at radius 1 is 1.08 bits per heavy atom. The summed E-state index contributed by atoms with van der Waals surface area (Å²) in [4.78, 5) is 12.3. The largest absolute Gasteiger partial charge is 0.396 e. The summed E-state index contributed by atoms with van der Waals surface area (Å²) in [5, 5.41) is 16.0. The van der Waals surface area contributed by atoms with Crippen molar-refractivity contribution in [2.45, 2.75) is 12.3 Å². The highest BCUT2D eigenvalue weighted by atomic mass is 16.5. The van der Waals surface area contributed by atoms with E-state index >= 15 is 0 Å². The molecule has 2 aromatic carbocycles. The molecule has 5 heteroatoms. The summed E-state index contributed by atoms with van der Waals surface area (Å²) in [5.74, 6) is 0.321. The Morgan fingerprint density at radius 2 is 1.76 bits per heavy atom. The van der Waals surface area contributed by atoms with E-state index in [0.29, 0.717) is 18.7 Å². The Bertz CT molecular complexity index is 800. The number of benzene rings is 2.